The van der Waals surface area contributed by atoms with Crippen LogP contribution in [0.4, 0.5) is 23.7 Å². The van der Waals surface area contributed by atoms with E-state index in [1.165, 1.54) is 56.6 Å². The molecule has 2 rings (SSSR count). The van der Waals surface area contributed by atoms with E-state index in [0.29, 0.717) is 5.56 Å². The molecule has 0 radical (unpaired) electrons. The minimum absolute atomic E-state index is 0.0381. The number of rotatable bonds is 6. The Balaban J connectivity index is 1.99. The first-order valence-corrected chi connectivity index (χ1v) is 9.34. The van der Waals surface area contributed by atoms with Gasteiger partial charge < -0.3 is 15.4 Å². The number of ether oxygens (including phenoxy) is 1. The topological polar surface area (TPSA) is 87.7 Å². The van der Waals surface area contributed by atoms with E-state index >= 15 is 0 Å². The number of urea groups is 1. The Labute approximate surface area is 160 Å². The number of halogens is 3. The van der Waals surface area contributed by atoms with Gasteiger partial charge in [-0.25, -0.2) is 17.5 Å². The average molecular weight is 417 g/mol. The van der Waals surface area contributed by atoms with Gasteiger partial charge in [-0.2, -0.15) is 0 Å². The highest BCUT2D eigenvalue weighted by molar-refractivity contribution is 7.89. The van der Waals surface area contributed by atoms with Gasteiger partial charge in [0.1, 0.15) is 0 Å². The normalized spacial score (nSPS) is 11.9. The van der Waals surface area contributed by atoms with Crippen molar-refractivity contribution in [1.29, 1.82) is 0 Å². The predicted octanol–water partition coefficient (Wildman–Crippen LogP) is 3.16. The second kappa shape index (κ2) is 8.48. The molecule has 0 saturated heterocycles. The molecule has 0 aliphatic rings. The fourth-order valence-electron chi connectivity index (χ4n) is 2.12. The van der Waals surface area contributed by atoms with Gasteiger partial charge in [0.05, 0.1) is 10.6 Å². The number of nitrogens with zero attached hydrogens (tertiary/aromatic N) is 1. The van der Waals surface area contributed by atoms with Crippen LogP contribution in [0, 0.1) is 0 Å². The summed E-state index contributed by atoms with van der Waals surface area (Å²) in [6.07, 6.45) is -4.89. The van der Waals surface area contributed by atoms with Crippen molar-refractivity contribution in [1.82, 2.24) is 9.62 Å². The third-order valence-electron chi connectivity index (χ3n) is 3.52. The smallest absolute Gasteiger partial charge is 0.404 e. The molecule has 0 bridgehead atoms. The molecule has 152 valence electrons. The number of amides is 2. The lowest BCUT2D eigenvalue weighted by Gasteiger charge is -2.14. The minimum Gasteiger partial charge on any atom is -0.404 e. The molecule has 2 N–H and O–H groups in total. The number of hydrogen-bond acceptors (Lipinski definition) is 4. The van der Waals surface area contributed by atoms with Crippen LogP contribution in [-0.2, 0) is 16.6 Å². The summed E-state index contributed by atoms with van der Waals surface area (Å²) in [5.74, 6) is -0.539. The van der Waals surface area contributed by atoms with E-state index in [-0.39, 0.29) is 17.1 Å². The molecule has 0 heterocycles. The lowest BCUT2D eigenvalue weighted by Crippen LogP contribution is -2.29. The molecule has 0 unspecified atom stereocenters. The maximum absolute atomic E-state index is 12.4. The van der Waals surface area contributed by atoms with Gasteiger partial charge in [0.15, 0.2) is 5.75 Å². The molecule has 2 aromatic rings. The van der Waals surface area contributed by atoms with Crippen LogP contribution in [0.1, 0.15) is 5.56 Å². The number of hydrogen-bond donors (Lipinski definition) is 2. The summed E-state index contributed by atoms with van der Waals surface area (Å²) in [4.78, 5) is 12.1. The zero-order valence-electron chi connectivity index (χ0n) is 14.9. The van der Waals surface area contributed by atoms with Gasteiger partial charge in [-0.1, -0.05) is 24.3 Å². The van der Waals surface area contributed by atoms with E-state index in [1.807, 2.05) is 0 Å². The maximum Gasteiger partial charge on any atom is 0.573 e. The molecule has 28 heavy (non-hydrogen) atoms. The zero-order valence-corrected chi connectivity index (χ0v) is 15.8. The Kier molecular flexibility index (Phi) is 6.52. The van der Waals surface area contributed by atoms with Crippen LogP contribution in [0.15, 0.2) is 53.4 Å². The van der Waals surface area contributed by atoms with Crippen LogP contribution < -0.4 is 15.4 Å². The first kappa shape index (κ1) is 21.5. The number of carbonyl (C=O) groups is 1. The highest BCUT2D eigenvalue weighted by Crippen LogP contribution is 2.29. The Morgan fingerprint density at radius 3 is 2.25 bits per heavy atom. The molecular formula is C17H18F3N3O4S. The van der Waals surface area contributed by atoms with Crippen LogP contribution in [0.2, 0.25) is 0 Å². The number of para-hydroxylation sites is 2. The maximum atomic E-state index is 12.4. The van der Waals surface area contributed by atoms with Gasteiger partial charge in [0.2, 0.25) is 10.0 Å². The monoisotopic (exact) mass is 417 g/mol. The van der Waals surface area contributed by atoms with Crippen molar-refractivity contribution in [2.75, 3.05) is 19.4 Å². The van der Waals surface area contributed by atoms with Gasteiger partial charge >= 0.3 is 12.4 Å². The number of alkyl halides is 3. The average Bonchev–Trinajstić information content (AvgIpc) is 2.60. The molecule has 0 spiro atoms. The molecule has 0 atom stereocenters. The number of nitrogens with one attached hydrogen (secondary N) is 2. The fraction of sp³-hybridized carbons (Fsp3) is 0.235. The summed E-state index contributed by atoms with van der Waals surface area (Å²) < 4.78 is 66.1. The summed E-state index contributed by atoms with van der Waals surface area (Å²) in [7, 11) is -0.733. The highest BCUT2D eigenvalue weighted by Gasteiger charge is 2.32. The third kappa shape index (κ3) is 5.86. The van der Waals surface area contributed by atoms with Crippen molar-refractivity contribution in [3.63, 3.8) is 0 Å². The van der Waals surface area contributed by atoms with E-state index in [0.717, 1.165) is 10.4 Å². The molecule has 0 aliphatic heterocycles. The quantitative estimate of drug-likeness (QED) is 0.756. The molecular weight excluding hydrogens is 399 g/mol. The molecule has 11 heteroatoms. The second-order valence-corrected chi connectivity index (χ2v) is 7.93. The van der Waals surface area contributed by atoms with E-state index < -0.39 is 28.2 Å². The van der Waals surface area contributed by atoms with Crippen molar-refractivity contribution >= 4 is 21.7 Å². The van der Waals surface area contributed by atoms with E-state index in [2.05, 4.69) is 15.4 Å². The standard InChI is InChI=1S/C17H18F3N3O4S/c1-23(2)28(25,26)13-9-7-12(8-10-13)11-21-16(24)22-14-5-3-4-6-15(14)27-17(18,19)20/h3-10H,11H2,1-2H3,(H2,21,22,24). The third-order valence-corrected chi connectivity index (χ3v) is 5.35. The van der Waals surface area contributed by atoms with Gasteiger partial charge in [-0.15, -0.1) is 13.2 Å². The fourth-order valence-corrected chi connectivity index (χ4v) is 3.02. The Morgan fingerprint density at radius 2 is 1.68 bits per heavy atom. The molecule has 0 aromatic heterocycles. The number of sulfonamides is 1. The van der Waals surface area contributed by atoms with Crippen LogP contribution in [-0.4, -0.2) is 39.2 Å². The van der Waals surface area contributed by atoms with E-state index in [1.54, 1.807) is 0 Å². The van der Waals surface area contributed by atoms with Crippen LogP contribution in [0.5, 0.6) is 5.75 Å². The zero-order chi connectivity index (χ0) is 20.9. The van der Waals surface area contributed by atoms with Crippen molar-refractivity contribution < 1.29 is 31.1 Å². The summed E-state index contributed by atoms with van der Waals surface area (Å²) in [6, 6.07) is 10.2. The van der Waals surface area contributed by atoms with Crippen molar-refractivity contribution in [3.05, 3.63) is 54.1 Å². The Morgan fingerprint density at radius 1 is 1.07 bits per heavy atom. The first-order chi connectivity index (χ1) is 13.0. The summed E-state index contributed by atoms with van der Waals surface area (Å²) in [5.41, 5.74) is 0.456. The van der Waals surface area contributed by atoms with Crippen LogP contribution >= 0.6 is 0 Å². The van der Waals surface area contributed by atoms with Crippen molar-refractivity contribution in [2.24, 2.45) is 0 Å². The lowest BCUT2D eigenvalue weighted by molar-refractivity contribution is -0.274. The van der Waals surface area contributed by atoms with Crippen molar-refractivity contribution in [2.45, 2.75) is 17.8 Å². The molecule has 7 nitrogen and oxygen atoms in total. The van der Waals surface area contributed by atoms with Gasteiger partial charge in [0.25, 0.3) is 0 Å². The Bertz CT molecular complexity index is 929. The van der Waals surface area contributed by atoms with Crippen LogP contribution in [0.25, 0.3) is 0 Å². The molecule has 0 saturated carbocycles. The summed E-state index contributed by atoms with van der Waals surface area (Å²) >= 11 is 0. The summed E-state index contributed by atoms with van der Waals surface area (Å²) in [6.45, 7) is 0.0381. The molecule has 0 fully saturated rings. The second-order valence-electron chi connectivity index (χ2n) is 5.78. The van der Waals surface area contributed by atoms with Crippen LogP contribution in [0.3, 0.4) is 0 Å². The highest BCUT2D eigenvalue weighted by atomic mass is 32.2. The van der Waals surface area contributed by atoms with Gasteiger partial charge in [-0.05, 0) is 29.8 Å². The SMILES string of the molecule is CN(C)S(=O)(=O)c1ccc(CNC(=O)Nc2ccccc2OC(F)(F)F)cc1. The molecule has 2 aromatic carbocycles. The summed E-state index contributed by atoms with van der Waals surface area (Å²) in [5, 5.41) is 4.75. The molecule has 2 amide bonds. The van der Waals surface area contributed by atoms with Gasteiger partial charge in [-0.3, -0.25) is 0 Å². The first-order valence-electron chi connectivity index (χ1n) is 7.90. The largest absolute Gasteiger partial charge is 0.573 e. The lowest BCUT2D eigenvalue weighted by atomic mass is 10.2. The minimum atomic E-state index is -4.89. The van der Waals surface area contributed by atoms with Gasteiger partial charge in [0, 0.05) is 20.6 Å². The molecule has 0 aliphatic carbocycles. The number of benzene rings is 2. The predicted molar refractivity (Wildman–Crippen MR) is 96.3 cm³/mol. The Hall–Kier alpha value is -2.79. The van der Waals surface area contributed by atoms with Crippen molar-refractivity contribution in [3.8, 4) is 5.75 Å². The van der Waals surface area contributed by atoms with E-state index in [9.17, 15) is 26.4 Å². The van der Waals surface area contributed by atoms with E-state index in [4.69, 9.17) is 0 Å². The number of carbonyl (C=O) groups excluding carboxylic acids is 1. The number of anilines is 1.